The van der Waals surface area contributed by atoms with E-state index >= 15 is 0 Å². The molecule has 0 saturated carbocycles. The summed E-state index contributed by atoms with van der Waals surface area (Å²) in [7, 11) is -5.96. The number of aromatic nitrogens is 2. The van der Waals surface area contributed by atoms with Crippen molar-refractivity contribution in [3.8, 4) is 34.4 Å². The molecule has 6 aromatic carbocycles. The van der Waals surface area contributed by atoms with E-state index in [1.165, 1.54) is 88.9 Å². The van der Waals surface area contributed by atoms with Crippen molar-refractivity contribution in [3.63, 3.8) is 0 Å². The predicted octanol–water partition coefficient (Wildman–Crippen LogP) is 7.81. The van der Waals surface area contributed by atoms with Crippen LogP contribution >= 0.6 is 0 Å². The van der Waals surface area contributed by atoms with Crippen molar-refractivity contribution < 1.29 is 35.8 Å². The fourth-order valence-corrected chi connectivity index (χ4v) is 8.34. The number of aryl methyl sites for hydroxylation is 2. The van der Waals surface area contributed by atoms with Crippen molar-refractivity contribution in [3.05, 3.63) is 156 Å². The molecule has 0 amide bonds. The summed E-state index contributed by atoms with van der Waals surface area (Å²) in [5.74, 6) is 0.492. The maximum atomic E-state index is 13.5. The molecule has 0 aliphatic heterocycles. The quantitative estimate of drug-likeness (QED) is 0.101. The molecule has 0 fully saturated rings. The lowest BCUT2D eigenvalue weighted by Gasteiger charge is -2.14. The first-order chi connectivity index (χ1) is 25.8. The first kappa shape index (κ1) is 35.9. The first-order valence-electron chi connectivity index (χ1n) is 16.5. The molecule has 0 bridgehead atoms. The van der Waals surface area contributed by atoms with Crippen LogP contribution in [0.25, 0.3) is 16.7 Å². The lowest BCUT2D eigenvalue weighted by molar-refractivity contribution is -0.132. The second-order valence-corrected chi connectivity index (χ2v) is 16.2. The van der Waals surface area contributed by atoms with Gasteiger partial charge >= 0.3 is 11.7 Å². The third-order valence-corrected chi connectivity index (χ3v) is 12.2. The van der Waals surface area contributed by atoms with E-state index in [2.05, 4.69) is 0 Å². The van der Waals surface area contributed by atoms with E-state index in [1.807, 2.05) is 31.2 Å². The van der Waals surface area contributed by atoms with Gasteiger partial charge in [0.1, 0.15) is 17.2 Å². The zero-order valence-corrected chi connectivity index (χ0v) is 30.8. The van der Waals surface area contributed by atoms with Gasteiger partial charge in [0, 0.05) is 20.0 Å². The third-order valence-electron chi connectivity index (χ3n) is 8.60. The Labute approximate surface area is 311 Å². The number of nitrogens with zero attached hydrogens (tertiary/aromatic N) is 2. The van der Waals surface area contributed by atoms with Gasteiger partial charge in [0.2, 0.25) is 19.7 Å². The highest BCUT2D eigenvalue weighted by molar-refractivity contribution is 7.91. The number of carbonyl (C=O) groups excluding carboxylic acids is 1. The average molecular weight is 761 g/mol. The van der Waals surface area contributed by atoms with E-state index in [0.29, 0.717) is 22.7 Å². The maximum Gasteiger partial charge on any atom is 0.333 e. The zero-order valence-electron chi connectivity index (χ0n) is 29.2. The third kappa shape index (κ3) is 7.01. The predicted molar refractivity (Wildman–Crippen MR) is 201 cm³/mol. The number of esters is 1. The molecule has 0 aliphatic carbocycles. The van der Waals surface area contributed by atoms with E-state index < -0.39 is 25.6 Å². The molecular weight excluding hydrogens is 729 g/mol. The van der Waals surface area contributed by atoms with E-state index in [0.717, 1.165) is 11.1 Å². The Morgan fingerprint density at radius 1 is 0.556 bits per heavy atom. The fraction of sp³-hybridized carbons (Fsp3) is 0.0732. The molecule has 1 heterocycles. The smallest absolute Gasteiger partial charge is 0.333 e. The highest BCUT2D eigenvalue weighted by Crippen LogP contribution is 2.37. The molecule has 7 rings (SSSR count). The molecule has 0 saturated heterocycles. The molecule has 7 aromatic rings. The van der Waals surface area contributed by atoms with Crippen LogP contribution in [0.4, 0.5) is 0 Å². The van der Waals surface area contributed by atoms with Crippen molar-refractivity contribution in [2.75, 3.05) is 0 Å². The number of ether oxygens (including phenoxy) is 3. The number of fused-ring (bicyclic) bond motifs is 1. The Kier molecular flexibility index (Phi) is 9.44. The largest absolute Gasteiger partial charge is 0.457 e. The van der Waals surface area contributed by atoms with Gasteiger partial charge in [0.25, 0.3) is 0 Å². The molecule has 1 aromatic heterocycles. The molecule has 11 nitrogen and oxygen atoms in total. The van der Waals surface area contributed by atoms with Gasteiger partial charge in [-0.3, -0.25) is 13.9 Å². The minimum Gasteiger partial charge on any atom is -0.457 e. The van der Waals surface area contributed by atoms with Crippen LogP contribution in [0.1, 0.15) is 12.5 Å². The maximum absolute atomic E-state index is 13.5. The number of sulfone groups is 2. The van der Waals surface area contributed by atoms with Gasteiger partial charge in [-0.25, -0.2) is 21.6 Å². The number of rotatable bonds is 10. The van der Waals surface area contributed by atoms with E-state index in [4.69, 9.17) is 14.2 Å². The van der Waals surface area contributed by atoms with Crippen molar-refractivity contribution in [1.29, 1.82) is 0 Å². The van der Waals surface area contributed by atoms with Gasteiger partial charge in [-0.05, 0) is 116 Å². The molecule has 13 heteroatoms. The standard InChI is InChI=1S/C41H32N2O9S2/c1-27-8-17-33(18-9-27)53(46,47)36-23-14-31(15-24-36)52-39-25-16-32(26-40(39)50-28(2)44)51-30-12-21-35(22-13-30)54(48,49)34-19-10-29(11-20-34)43-38-7-5-4-6-37(38)42(3)41(43)45/h4-26H,1-3H3. The van der Waals surface area contributed by atoms with E-state index in [9.17, 15) is 26.4 Å². The first-order valence-corrected chi connectivity index (χ1v) is 19.5. The molecule has 0 N–H and O–H groups in total. The van der Waals surface area contributed by atoms with Gasteiger partial charge < -0.3 is 14.2 Å². The van der Waals surface area contributed by atoms with Gasteiger partial charge in [-0.2, -0.15) is 0 Å². The number of hydrogen-bond acceptors (Lipinski definition) is 9. The molecular formula is C41H32N2O9S2. The molecule has 0 spiro atoms. The second-order valence-electron chi connectivity index (χ2n) is 12.3. The molecule has 0 unspecified atom stereocenters. The van der Waals surface area contributed by atoms with Crippen LogP contribution in [0, 0.1) is 6.92 Å². The highest BCUT2D eigenvalue weighted by atomic mass is 32.2. The van der Waals surface area contributed by atoms with E-state index in [-0.39, 0.29) is 42.5 Å². The van der Waals surface area contributed by atoms with Crippen molar-refractivity contribution >= 4 is 36.7 Å². The highest BCUT2D eigenvalue weighted by Gasteiger charge is 2.21. The molecule has 272 valence electrons. The Morgan fingerprint density at radius 2 is 1.02 bits per heavy atom. The van der Waals surface area contributed by atoms with Gasteiger partial charge in [0.05, 0.1) is 36.3 Å². The number of benzene rings is 6. The van der Waals surface area contributed by atoms with Crippen LogP contribution in [0.2, 0.25) is 0 Å². The van der Waals surface area contributed by atoms with Gasteiger partial charge in [-0.1, -0.05) is 29.8 Å². The lowest BCUT2D eigenvalue weighted by atomic mass is 10.2. The Bertz CT molecular complexity index is 2810. The van der Waals surface area contributed by atoms with Crippen molar-refractivity contribution in [1.82, 2.24) is 9.13 Å². The summed E-state index contributed by atoms with van der Waals surface area (Å²) in [5.41, 5.74) is 2.69. The normalized spacial score (nSPS) is 11.7. The van der Waals surface area contributed by atoms with Crippen LogP contribution in [-0.4, -0.2) is 31.9 Å². The molecule has 54 heavy (non-hydrogen) atoms. The summed E-state index contributed by atoms with van der Waals surface area (Å²) in [5, 5.41) is 0. The summed E-state index contributed by atoms with van der Waals surface area (Å²) in [6.07, 6.45) is 0. The summed E-state index contributed by atoms with van der Waals surface area (Å²) in [6.45, 7) is 3.11. The van der Waals surface area contributed by atoms with Crippen molar-refractivity contribution in [2.24, 2.45) is 7.05 Å². The number of carbonyl (C=O) groups is 1. The Morgan fingerprint density at radius 3 is 1.56 bits per heavy atom. The Balaban J connectivity index is 1.06. The fourth-order valence-electron chi connectivity index (χ4n) is 5.81. The number of hydrogen-bond donors (Lipinski definition) is 0. The SMILES string of the molecule is CC(=O)Oc1cc(Oc2ccc(S(=O)(=O)c3ccc(-n4c(=O)n(C)c5ccccc54)cc3)cc2)ccc1Oc1ccc(S(=O)(=O)c2ccc(C)cc2)cc1. The van der Waals surface area contributed by atoms with Crippen LogP contribution in [0.3, 0.4) is 0 Å². The van der Waals surface area contributed by atoms with Gasteiger partial charge in [-0.15, -0.1) is 0 Å². The van der Waals surface area contributed by atoms with Crippen LogP contribution in [-0.2, 0) is 31.5 Å². The summed E-state index contributed by atoms with van der Waals surface area (Å²) in [4.78, 5) is 25.2. The van der Waals surface area contributed by atoms with E-state index in [1.54, 1.807) is 49.5 Å². The zero-order chi connectivity index (χ0) is 38.2. The topological polar surface area (TPSA) is 140 Å². The second kappa shape index (κ2) is 14.2. The minimum atomic E-state index is -3.91. The van der Waals surface area contributed by atoms with Crippen LogP contribution in [0.5, 0.6) is 28.7 Å². The molecule has 0 aliphatic rings. The lowest BCUT2D eigenvalue weighted by Crippen LogP contribution is -2.20. The number of imidazole rings is 1. The molecule has 0 radical (unpaired) electrons. The monoisotopic (exact) mass is 760 g/mol. The van der Waals surface area contributed by atoms with Crippen LogP contribution < -0.4 is 19.9 Å². The molecule has 0 atom stereocenters. The van der Waals surface area contributed by atoms with Crippen LogP contribution in [0.15, 0.2) is 164 Å². The minimum absolute atomic E-state index is 0.0342. The van der Waals surface area contributed by atoms with Gasteiger partial charge in [0.15, 0.2) is 11.5 Å². The average Bonchev–Trinajstić information content (AvgIpc) is 3.42. The van der Waals surface area contributed by atoms with Crippen molar-refractivity contribution in [2.45, 2.75) is 33.4 Å². The summed E-state index contributed by atoms with van der Waals surface area (Å²) >= 11 is 0. The number of para-hydroxylation sites is 2. The summed E-state index contributed by atoms with van der Waals surface area (Å²) in [6, 6.07) is 36.3. The Hall–Kier alpha value is -6.44. The summed E-state index contributed by atoms with van der Waals surface area (Å²) < 4.78 is 73.5.